The molecule has 0 aliphatic heterocycles. The summed E-state index contributed by atoms with van der Waals surface area (Å²) in [6, 6.07) is 14.5. The average molecular weight is 526 g/mol. The van der Waals surface area contributed by atoms with Crippen LogP contribution in [0, 0.1) is 0 Å². The minimum atomic E-state index is -1.27. The van der Waals surface area contributed by atoms with Crippen LogP contribution >= 0.6 is 0 Å². The molecule has 0 fully saturated rings. The van der Waals surface area contributed by atoms with Crippen molar-refractivity contribution in [1.29, 1.82) is 0 Å². The molecule has 2 aromatic carbocycles. The van der Waals surface area contributed by atoms with Crippen LogP contribution in [0.4, 0.5) is 9.59 Å². The molecule has 38 heavy (non-hydrogen) atoms. The normalized spacial score (nSPS) is 13.0. The lowest BCUT2D eigenvalue weighted by Gasteiger charge is -2.19. The monoisotopic (exact) mass is 525 g/mol. The van der Waals surface area contributed by atoms with Crippen molar-refractivity contribution in [3.05, 3.63) is 59.7 Å². The van der Waals surface area contributed by atoms with Gasteiger partial charge in [0.05, 0.1) is 0 Å². The van der Waals surface area contributed by atoms with Crippen LogP contribution in [0.5, 0.6) is 0 Å². The van der Waals surface area contributed by atoms with Crippen LogP contribution in [0.3, 0.4) is 0 Å². The molecule has 0 bridgehead atoms. The maximum atomic E-state index is 12.4. The Hall–Kier alpha value is -4.08. The molecule has 3 amide bonds. The molecule has 0 radical (unpaired) electrons. The maximum Gasteiger partial charge on any atom is 0.407 e. The van der Waals surface area contributed by atoms with E-state index in [1.807, 2.05) is 48.5 Å². The van der Waals surface area contributed by atoms with Gasteiger partial charge < -0.3 is 30.5 Å². The van der Waals surface area contributed by atoms with Crippen LogP contribution in [0.1, 0.15) is 57.1 Å². The zero-order valence-electron chi connectivity index (χ0n) is 21.9. The lowest BCUT2D eigenvalue weighted by Crippen LogP contribution is -2.42. The summed E-state index contributed by atoms with van der Waals surface area (Å²) in [6.45, 7) is 5.96. The zero-order valence-corrected chi connectivity index (χ0v) is 21.9. The van der Waals surface area contributed by atoms with E-state index in [0.717, 1.165) is 22.3 Å². The SMILES string of the molecule is CC(C)(C)OC(=O)NCCCNC(=O)CC[C@H](NC(=O)OCC1c2ccccc2-c2ccccc21)C(=O)O. The second kappa shape index (κ2) is 12.9. The Bertz CT molecular complexity index is 1110. The number of hydrogen-bond acceptors (Lipinski definition) is 6. The minimum absolute atomic E-state index is 0.0595. The van der Waals surface area contributed by atoms with E-state index in [0.29, 0.717) is 19.5 Å². The summed E-state index contributed by atoms with van der Waals surface area (Å²) < 4.78 is 10.5. The Labute approximate surface area is 222 Å². The number of rotatable bonds is 11. The van der Waals surface area contributed by atoms with E-state index in [9.17, 15) is 24.3 Å². The highest BCUT2D eigenvalue weighted by atomic mass is 16.6. The van der Waals surface area contributed by atoms with Gasteiger partial charge in [0.2, 0.25) is 5.91 Å². The largest absolute Gasteiger partial charge is 0.480 e. The van der Waals surface area contributed by atoms with Crippen molar-refractivity contribution >= 4 is 24.1 Å². The molecule has 204 valence electrons. The highest BCUT2D eigenvalue weighted by Crippen LogP contribution is 2.44. The van der Waals surface area contributed by atoms with E-state index in [1.165, 1.54) is 0 Å². The number of carbonyl (C=O) groups excluding carboxylic acids is 3. The second-order valence-electron chi connectivity index (χ2n) is 10.0. The standard InChI is InChI=1S/C28H35N3O7/c1-28(2,3)38-26(35)30-16-8-15-29-24(32)14-13-23(25(33)34)31-27(36)37-17-22-20-11-6-4-9-18(20)19-10-5-7-12-21(19)22/h4-7,9-12,22-23H,8,13-17H2,1-3H3,(H,29,32)(H,30,35)(H,31,36)(H,33,34)/t23-/m0/s1. The van der Waals surface area contributed by atoms with Gasteiger partial charge in [-0.1, -0.05) is 48.5 Å². The number of nitrogens with one attached hydrogen (secondary N) is 3. The number of alkyl carbamates (subject to hydrolysis) is 2. The fraction of sp³-hybridized carbons (Fsp3) is 0.429. The van der Waals surface area contributed by atoms with Gasteiger partial charge in [-0.15, -0.1) is 0 Å². The topological polar surface area (TPSA) is 143 Å². The fourth-order valence-corrected chi connectivity index (χ4v) is 4.22. The van der Waals surface area contributed by atoms with Crippen molar-refractivity contribution in [2.45, 2.75) is 57.6 Å². The van der Waals surface area contributed by atoms with Gasteiger partial charge in [0.15, 0.2) is 0 Å². The molecule has 0 aromatic heterocycles. The first-order chi connectivity index (χ1) is 18.0. The molecule has 4 N–H and O–H groups in total. The molecule has 1 aliphatic rings. The predicted octanol–water partition coefficient (Wildman–Crippen LogP) is 3.79. The number of carbonyl (C=O) groups is 4. The van der Waals surface area contributed by atoms with Crippen LogP contribution < -0.4 is 16.0 Å². The molecule has 0 heterocycles. The first-order valence-corrected chi connectivity index (χ1v) is 12.6. The molecule has 0 unspecified atom stereocenters. The smallest absolute Gasteiger partial charge is 0.407 e. The van der Waals surface area contributed by atoms with Crippen LogP contribution in [-0.2, 0) is 19.1 Å². The third-order valence-corrected chi connectivity index (χ3v) is 5.94. The van der Waals surface area contributed by atoms with Gasteiger partial charge in [0, 0.05) is 25.4 Å². The van der Waals surface area contributed by atoms with E-state index in [2.05, 4.69) is 16.0 Å². The summed E-state index contributed by atoms with van der Waals surface area (Å²) >= 11 is 0. The Kier molecular flexibility index (Phi) is 9.70. The molecule has 1 atom stereocenters. The summed E-state index contributed by atoms with van der Waals surface area (Å²) in [5, 5.41) is 17.1. The molecular formula is C28H35N3O7. The molecule has 1 aliphatic carbocycles. The second-order valence-corrected chi connectivity index (χ2v) is 10.0. The molecule has 0 spiro atoms. The van der Waals surface area contributed by atoms with Crippen molar-refractivity contribution in [2.75, 3.05) is 19.7 Å². The van der Waals surface area contributed by atoms with Gasteiger partial charge in [-0.2, -0.15) is 0 Å². The van der Waals surface area contributed by atoms with Crippen molar-refractivity contribution in [2.24, 2.45) is 0 Å². The Morgan fingerprint density at radius 2 is 1.47 bits per heavy atom. The molecule has 10 nitrogen and oxygen atoms in total. The highest BCUT2D eigenvalue weighted by molar-refractivity contribution is 5.82. The van der Waals surface area contributed by atoms with Crippen molar-refractivity contribution < 1.29 is 33.8 Å². The first kappa shape index (κ1) is 28.5. The number of ether oxygens (including phenoxy) is 2. The summed E-state index contributed by atoms with van der Waals surface area (Å²) in [6.07, 6.45) is -1.10. The molecule has 0 saturated heterocycles. The van der Waals surface area contributed by atoms with Gasteiger partial charge in [0.1, 0.15) is 18.2 Å². The zero-order chi connectivity index (χ0) is 27.7. The summed E-state index contributed by atoms with van der Waals surface area (Å²) in [5.74, 6) is -1.76. The number of fused-ring (bicyclic) bond motifs is 3. The van der Waals surface area contributed by atoms with Gasteiger partial charge in [-0.3, -0.25) is 4.79 Å². The number of hydrogen-bond donors (Lipinski definition) is 4. The minimum Gasteiger partial charge on any atom is -0.480 e. The lowest BCUT2D eigenvalue weighted by molar-refractivity contribution is -0.139. The number of carboxylic acids is 1. The molecule has 0 saturated carbocycles. The van der Waals surface area contributed by atoms with Gasteiger partial charge in [0.25, 0.3) is 0 Å². The van der Waals surface area contributed by atoms with Gasteiger partial charge in [-0.25, -0.2) is 14.4 Å². The molecular weight excluding hydrogens is 490 g/mol. The van der Waals surface area contributed by atoms with E-state index < -0.39 is 29.8 Å². The Balaban J connectivity index is 1.40. The van der Waals surface area contributed by atoms with E-state index >= 15 is 0 Å². The van der Waals surface area contributed by atoms with Crippen molar-refractivity contribution in [1.82, 2.24) is 16.0 Å². The molecule has 10 heteroatoms. The maximum absolute atomic E-state index is 12.4. The molecule has 2 aromatic rings. The van der Waals surface area contributed by atoms with E-state index in [-0.39, 0.29) is 31.3 Å². The van der Waals surface area contributed by atoms with Crippen LogP contribution in [0.2, 0.25) is 0 Å². The van der Waals surface area contributed by atoms with E-state index in [4.69, 9.17) is 9.47 Å². The fourth-order valence-electron chi connectivity index (χ4n) is 4.22. The number of aliphatic carboxylic acids is 1. The third kappa shape index (κ3) is 8.22. The van der Waals surface area contributed by atoms with Crippen LogP contribution in [0.15, 0.2) is 48.5 Å². The Morgan fingerprint density at radius 3 is 2.05 bits per heavy atom. The highest BCUT2D eigenvalue weighted by Gasteiger charge is 2.30. The van der Waals surface area contributed by atoms with Crippen LogP contribution in [0.25, 0.3) is 11.1 Å². The number of benzene rings is 2. The average Bonchev–Trinajstić information content (AvgIpc) is 3.17. The number of carboxylic acid groups (broad SMARTS) is 1. The lowest BCUT2D eigenvalue weighted by atomic mass is 9.98. The third-order valence-electron chi connectivity index (χ3n) is 5.94. The quantitative estimate of drug-likeness (QED) is 0.327. The van der Waals surface area contributed by atoms with Gasteiger partial charge in [-0.05, 0) is 55.9 Å². The van der Waals surface area contributed by atoms with Crippen molar-refractivity contribution in [3.63, 3.8) is 0 Å². The first-order valence-electron chi connectivity index (χ1n) is 12.6. The van der Waals surface area contributed by atoms with Crippen molar-refractivity contribution in [3.8, 4) is 11.1 Å². The van der Waals surface area contributed by atoms with Gasteiger partial charge >= 0.3 is 18.2 Å². The molecule has 3 rings (SSSR count). The predicted molar refractivity (Wildman–Crippen MR) is 141 cm³/mol. The summed E-state index contributed by atoms with van der Waals surface area (Å²) in [4.78, 5) is 47.8. The Morgan fingerprint density at radius 1 is 0.895 bits per heavy atom. The van der Waals surface area contributed by atoms with Crippen LogP contribution in [-0.4, -0.2) is 60.5 Å². The summed E-state index contributed by atoms with van der Waals surface area (Å²) in [5.41, 5.74) is 3.69. The summed E-state index contributed by atoms with van der Waals surface area (Å²) in [7, 11) is 0. The number of amides is 3. The van der Waals surface area contributed by atoms with E-state index in [1.54, 1.807) is 20.8 Å².